The van der Waals surface area contributed by atoms with Gasteiger partial charge >= 0.3 is 12.0 Å². The number of nitrogens with one attached hydrogen (secondary N) is 2. The average molecular weight is 260 g/mol. The molecule has 0 bridgehead atoms. The Kier molecular flexibility index (Phi) is 9.01. The fraction of sp³-hybridized carbons (Fsp3) is 0.600. The fourth-order valence-corrected chi connectivity index (χ4v) is 1.47. The Morgan fingerprint density at radius 3 is 2.71 bits per heavy atom. The molecule has 96 valence electrons. The third kappa shape index (κ3) is 8.42. The highest BCUT2D eigenvalue weighted by molar-refractivity contribution is 7.99. The van der Waals surface area contributed by atoms with Crippen LogP contribution >= 0.6 is 11.8 Å². The van der Waals surface area contributed by atoms with Gasteiger partial charge in [-0.05, 0) is 0 Å². The van der Waals surface area contributed by atoms with Gasteiger partial charge in [-0.25, -0.2) is 9.59 Å². The molecule has 0 spiro atoms. The lowest BCUT2D eigenvalue weighted by molar-refractivity contribution is -0.139. The number of carboxylic acid groups (broad SMARTS) is 1. The van der Waals surface area contributed by atoms with Gasteiger partial charge < -0.3 is 20.8 Å². The van der Waals surface area contributed by atoms with E-state index < -0.39 is 18.0 Å². The van der Waals surface area contributed by atoms with Crippen LogP contribution in [0, 0.1) is 12.3 Å². The van der Waals surface area contributed by atoms with Gasteiger partial charge in [-0.2, -0.15) is 0 Å². The SMILES string of the molecule is C#CCSCCNC(=O)N[C@@H](CCO)C(=O)O. The Hall–Kier alpha value is -1.39. The summed E-state index contributed by atoms with van der Waals surface area (Å²) in [4.78, 5) is 21.9. The summed E-state index contributed by atoms with van der Waals surface area (Å²) in [5.41, 5.74) is 0. The van der Waals surface area contributed by atoms with Crippen LogP contribution in [-0.2, 0) is 4.79 Å². The van der Waals surface area contributed by atoms with Crippen LogP contribution in [0.1, 0.15) is 6.42 Å². The van der Waals surface area contributed by atoms with Gasteiger partial charge in [-0.1, -0.05) is 5.92 Å². The molecule has 0 aromatic carbocycles. The summed E-state index contributed by atoms with van der Waals surface area (Å²) < 4.78 is 0. The van der Waals surface area contributed by atoms with E-state index in [-0.39, 0.29) is 13.0 Å². The molecule has 0 saturated heterocycles. The molecule has 6 nitrogen and oxygen atoms in total. The maximum Gasteiger partial charge on any atom is 0.326 e. The van der Waals surface area contributed by atoms with Crippen LogP contribution in [0.25, 0.3) is 0 Å². The molecule has 2 amide bonds. The number of aliphatic carboxylic acids is 1. The molecular weight excluding hydrogens is 244 g/mol. The zero-order chi connectivity index (χ0) is 13.1. The molecule has 4 N–H and O–H groups in total. The van der Waals surface area contributed by atoms with Gasteiger partial charge in [0.25, 0.3) is 0 Å². The molecule has 0 fully saturated rings. The molecule has 0 aliphatic heterocycles. The van der Waals surface area contributed by atoms with E-state index in [1.54, 1.807) is 0 Å². The summed E-state index contributed by atoms with van der Waals surface area (Å²) >= 11 is 1.50. The molecule has 0 aliphatic rings. The van der Waals surface area contributed by atoms with E-state index in [1.165, 1.54) is 11.8 Å². The largest absolute Gasteiger partial charge is 0.480 e. The first-order chi connectivity index (χ1) is 8.11. The zero-order valence-electron chi connectivity index (χ0n) is 9.31. The van der Waals surface area contributed by atoms with Crippen LogP contribution in [0.2, 0.25) is 0 Å². The van der Waals surface area contributed by atoms with Crippen molar-refractivity contribution in [1.29, 1.82) is 0 Å². The van der Waals surface area contributed by atoms with Crippen LogP contribution in [0.5, 0.6) is 0 Å². The first kappa shape index (κ1) is 15.6. The van der Waals surface area contributed by atoms with E-state index in [1.807, 2.05) is 0 Å². The van der Waals surface area contributed by atoms with E-state index in [0.717, 1.165) is 0 Å². The number of urea groups is 1. The first-order valence-electron chi connectivity index (χ1n) is 5.01. The minimum atomic E-state index is -1.17. The van der Waals surface area contributed by atoms with Crippen molar-refractivity contribution >= 4 is 23.8 Å². The van der Waals surface area contributed by atoms with Crippen molar-refractivity contribution in [1.82, 2.24) is 10.6 Å². The van der Waals surface area contributed by atoms with E-state index in [4.69, 9.17) is 16.6 Å². The normalized spacial score (nSPS) is 11.3. The number of carboxylic acids is 1. The van der Waals surface area contributed by atoms with Crippen LogP contribution in [0.15, 0.2) is 0 Å². The monoisotopic (exact) mass is 260 g/mol. The van der Waals surface area contributed by atoms with Crippen molar-refractivity contribution in [2.75, 3.05) is 24.7 Å². The van der Waals surface area contributed by atoms with E-state index in [9.17, 15) is 9.59 Å². The molecule has 1 atom stereocenters. The van der Waals surface area contributed by atoms with E-state index >= 15 is 0 Å². The smallest absolute Gasteiger partial charge is 0.326 e. The summed E-state index contributed by atoms with van der Waals surface area (Å²) in [5, 5.41) is 22.1. The Morgan fingerprint density at radius 1 is 1.47 bits per heavy atom. The van der Waals surface area contributed by atoms with Crippen molar-refractivity contribution < 1.29 is 19.8 Å². The van der Waals surface area contributed by atoms with Crippen LogP contribution in [0.3, 0.4) is 0 Å². The molecule has 0 aromatic rings. The molecule has 0 aliphatic carbocycles. The average Bonchev–Trinajstić information content (AvgIpc) is 2.28. The highest BCUT2D eigenvalue weighted by Crippen LogP contribution is 1.95. The Bertz CT molecular complexity index is 291. The summed E-state index contributed by atoms with van der Waals surface area (Å²) in [7, 11) is 0. The molecule has 0 saturated carbocycles. The number of carbonyl (C=O) groups excluding carboxylic acids is 1. The minimum Gasteiger partial charge on any atom is -0.480 e. The maximum absolute atomic E-state index is 11.2. The molecule has 0 unspecified atom stereocenters. The zero-order valence-corrected chi connectivity index (χ0v) is 10.1. The minimum absolute atomic E-state index is 0.0192. The second-order valence-corrected chi connectivity index (χ2v) is 4.17. The molecule has 0 radical (unpaired) electrons. The van der Waals surface area contributed by atoms with Gasteiger partial charge in [-0.3, -0.25) is 0 Å². The third-order valence-electron chi connectivity index (χ3n) is 1.74. The number of aliphatic hydroxyl groups excluding tert-OH is 1. The third-order valence-corrected chi connectivity index (χ3v) is 2.60. The van der Waals surface area contributed by atoms with Crippen molar-refractivity contribution in [3.8, 4) is 12.3 Å². The quantitative estimate of drug-likeness (QED) is 0.348. The Balaban J connectivity index is 3.75. The van der Waals surface area contributed by atoms with E-state index in [2.05, 4.69) is 16.6 Å². The predicted molar refractivity (Wildman–Crippen MR) is 65.8 cm³/mol. The Labute approximate surface area is 104 Å². The highest BCUT2D eigenvalue weighted by Gasteiger charge is 2.18. The molecule has 0 rings (SSSR count). The van der Waals surface area contributed by atoms with Crippen molar-refractivity contribution in [2.45, 2.75) is 12.5 Å². The number of carbonyl (C=O) groups is 2. The van der Waals surface area contributed by atoms with Gasteiger partial charge in [0.1, 0.15) is 6.04 Å². The van der Waals surface area contributed by atoms with Crippen molar-refractivity contribution in [3.63, 3.8) is 0 Å². The number of amides is 2. The standard InChI is InChI=1S/C10H16N2O4S/c1-2-6-17-7-4-11-10(16)12-8(3-5-13)9(14)15/h1,8,13H,3-7H2,(H,14,15)(H2,11,12,16)/t8-/m0/s1. The lowest BCUT2D eigenvalue weighted by Gasteiger charge is -2.13. The topological polar surface area (TPSA) is 98.7 Å². The number of aliphatic hydroxyl groups is 1. The van der Waals surface area contributed by atoms with Gasteiger partial charge in [0, 0.05) is 25.3 Å². The predicted octanol–water partition coefficient (Wildman–Crippen LogP) is -0.512. The van der Waals surface area contributed by atoms with E-state index in [0.29, 0.717) is 18.1 Å². The molecule has 0 heterocycles. The number of rotatable bonds is 8. The summed E-state index contributed by atoms with van der Waals surface area (Å²) in [6.07, 6.45) is 5.02. The second-order valence-electron chi connectivity index (χ2n) is 3.06. The number of terminal acetylenes is 1. The highest BCUT2D eigenvalue weighted by atomic mass is 32.2. The summed E-state index contributed by atoms with van der Waals surface area (Å²) in [5.74, 6) is 2.52. The van der Waals surface area contributed by atoms with Crippen molar-refractivity contribution in [2.24, 2.45) is 0 Å². The molecule has 17 heavy (non-hydrogen) atoms. The van der Waals surface area contributed by atoms with Gasteiger partial charge in [0.15, 0.2) is 0 Å². The summed E-state index contributed by atoms with van der Waals surface area (Å²) in [6.45, 7) is 0.110. The number of hydrogen-bond donors (Lipinski definition) is 4. The second kappa shape index (κ2) is 9.81. The van der Waals surface area contributed by atoms with Crippen molar-refractivity contribution in [3.05, 3.63) is 0 Å². The Morgan fingerprint density at radius 2 is 2.18 bits per heavy atom. The van der Waals surface area contributed by atoms with Gasteiger partial charge in [0.2, 0.25) is 0 Å². The van der Waals surface area contributed by atoms with Crippen LogP contribution < -0.4 is 10.6 Å². The fourth-order valence-electron chi connectivity index (χ4n) is 0.964. The molecule has 7 heteroatoms. The van der Waals surface area contributed by atoms with Gasteiger partial charge in [0.05, 0.1) is 5.75 Å². The molecule has 0 aromatic heterocycles. The van der Waals surface area contributed by atoms with Gasteiger partial charge in [-0.15, -0.1) is 18.2 Å². The van der Waals surface area contributed by atoms with Crippen LogP contribution in [0.4, 0.5) is 4.79 Å². The van der Waals surface area contributed by atoms with Crippen LogP contribution in [-0.4, -0.2) is 52.9 Å². The lowest BCUT2D eigenvalue weighted by atomic mass is 10.2. The number of hydrogen-bond acceptors (Lipinski definition) is 4. The molecular formula is C10H16N2O4S. The summed E-state index contributed by atoms with van der Waals surface area (Å²) in [6, 6.07) is -1.63. The first-order valence-corrected chi connectivity index (χ1v) is 6.16. The number of thioether (sulfide) groups is 1. The maximum atomic E-state index is 11.2. The lowest BCUT2D eigenvalue weighted by Crippen LogP contribution is -2.46.